The van der Waals surface area contributed by atoms with Crippen molar-refractivity contribution in [3.63, 3.8) is 0 Å². The second kappa shape index (κ2) is 6.33. The lowest BCUT2D eigenvalue weighted by Crippen LogP contribution is -2.33. The number of hydrogen-bond donors (Lipinski definition) is 2. The van der Waals surface area contributed by atoms with Crippen molar-refractivity contribution < 1.29 is 4.74 Å². The Morgan fingerprint density at radius 1 is 1.41 bits per heavy atom. The molecular formula is C12H21N3OS. The number of ether oxygens (including phenoxy) is 1. The van der Waals surface area contributed by atoms with Crippen LogP contribution in [0, 0.1) is 13.8 Å². The van der Waals surface area contributed by atoms with Crippen LogP contribution in [-0.4, -0.2) is 37.3 Å². The van der Waals surface area contributed by atoms with Crippen molar-refractivity contribution >= 4 is 16.5 Å². The van der Waals surface area contributed by atoms with Gasteiger partial charge in [0.2, 0.25) is 0 Å². The first-order valence-electron chi connectivity index (χ1n) is 6.26. The van der Waals surface area contributed by atoms with Crippen molar-refractivity contribution in [3.05, 3.63) is 10.6 Å². The summed E-state index contributed by atoms with van der Waals surface area (Å²) in [4.78, 5) is 5.72. The Balaban J connectivity index is 1.62. The molecule has 0 aromatic carbocycles. The number of nitrogens with one attached hydrogen (secondary N) is 2. The first-order valence-corrected chi connectivity index (χ1v) is 7.07. The summed E-state index contributed by atoms with van der Waals surface area (Å²) < 4.78 is 5.82. The van der Waals surface area contributed by atoms with Gasteiger partial charge in [-0.2, -0.15) is 0 Å². The summed E-state index contributed by atoms with van der Waals surface area (Å²) in [7, 11) is 0. The van der Waals surface area contributed by atoms with Gasteiger partial charge in [0.15, 0.2) is 5.13 Å². The van der Waals surface area contributed by atoms with Crippen molar-refractivity contribution in [2.75, 3.05) is 31.6 Å². The molecule has 0 atom stereocenters. The van der Waals surface area contributed by atoms with Crippen LogP contribution in [0.15, 0.2) is 0 Å². The number of aromatic nitrogens is 1. The maximum absolute atomic E-state index is 5.82. The topological polar surface area (TPSA) is 46.2 Å². The van der Waals surface area contributed by atoms with Gasteiger partial charge in [-0.05, 0) is 39.8 Å². The molecule has 2 N–H and O–H groups in total. The fourth-order valence-corrected chi connectivity index (χ4v) is 2.73. The molecule has 0 radical (unpaired) electrons. The first kappa shape index (κ1) is 12.8. The highest BCUT2D eigenvalue weighted by molar-refractivity contribution is 7.15. The molecule has 1 aliphatic heterocycles. The van der Waals surface area contributed by atoms with Gasteiger partial charge in [-0.25, -0.2) is 4.98 Å². The van der Waals surface area contributed by atoms with Crippen molar-refractivity contribution in [1.29, 1.82) is 0 Å². The van der Waals surface area contributed by atoms with E-state index < -0.39 is 0 Å². The maximum Gasteiger partial charge on any atom is 0.183 e. The third-order valence-corrected chi connectivity index (χ3v) is 4.08. The molecule has 0 saturated carbocycles. The van der Waals surface area contributed by atoms with E-state index in [1.165, 1.54) is 4.88 Å². The number of thiazole rings is 1. The summed E-state index contributed by atoms with van der Waals surface area (Å²) in [5.74, 6) is 0. The van der Waals surface area contributed by atoms with E-state index in [9.17, 15) is 0 Å². The van der Waals surface area contributed by atoms with Crippen LogP contribution in [0.2, 0.25) is 0 Å². The minimum Gasteiger partial charge on any atom is -0.376 e. The number of piperidine rings is 1. The zero-order valence-electron chi connectivity index (χ0n) is 10.6. The Morgan fingerprint density at radius 3 is 2.82 bits per heavy atom. The standard InChI is InChI=1S/C12H21N3OS/c1-9-10(2)17-12(15-9)14-7-8-16-11-3-5-13-6-4-11/h11,13H,3-8H2,1-2H3,(H,14,15). The average molecular weight is 255 g/mol. The monoisotopic (exact) mass is 255 g/mol. The fraction of sp³-hybridized carbons (Fsp3) is 0.750. The van der Waals surface area contributed by atoms with Gasteiger partial charge < -0.3 is 15.4 Å². The Hall–Kier alpha value is -0.650. The lowest BCUT2D eigenvalue weighted by atomic mass is 10.1. The molecule has 5 heteroatoms. The molecule has 0 bridgehead atoms. The molecule has 1 aliphatic rings. The first-order chi connectivity index (χ1) is 8.25. The highest BCUT2D eigenvalue weighted by Gasteiger charge is 2.12. The van der Waals surface area contributed by atoms with E-state index in [0.29, 0.717) is 6.10 Å². The molecular weight excluding hydrogens is 234 g/mol. The normalized spacial score (nSPS) is 17.3. The lowest BCUT2D eigenvalue weighted by molar-refractivity contribution is 0.0394. The molecule has 1 saturated heterocycles. The zero-order valence-corrected chi connectivity index (χ0v) is 11.4. The molecule has 2 rings (SSSR count). The minimum absolute atomic E-state index is 0.442. The summed E-state index contributed by atoms with van der Waals surface area (Å²) in [5.41, 5.74) is 1.12. The maximum atomic E-state index is 5.82. The second-order valence-corrected chi connectivity index (χ2v) is 5.61. The van der Waals surface area contributed by atoms with E-state index in [0.717, 1.165) is 49.9 Å². The summed E-state index contributed by atoms with van der Waals surface area (Å²) in [6, 6.07) is 0. The summed E-state index contributed by atoms with van der Waals surface area (Å²) in [5, 5.41) is 7.66. The van der Waals surface area contributed by atoms with Gasteiger partial charge in [0, 0.05) is 11.4 Å². The van der Waals surface area contributed by atoms with Crippen molar-refractivity contribution in [3.8, 4) is 0 Å². The van der Waals surface area contributed by atoms with Crippen LogP contribution in [0.4, 0.5) is 5.13 Å². The molecule has 0 spiro atoms. The van der Waals surface area contributed by atoms with E-state index in [1.807, 2.05) is 6.92 Å². The van der Waals surface area contributed by atoms with Crippen LogP contribution in [0.5, 0.6) is 0 Å². The minimum atomic E-state index is 0.442. The van der Waals surface area contributed by atoms with E-state index >= 15 is 0 Å². The van der Waals surface area contributed by atoms with Crippen LogP contribution in [-0.2, 0) is 4.74 Å². The summed E-state index contributed by atoms with van der Waals surface area (Å²) in [6.07, 6.45) is 2.71. The van der Waals surface area contributed by atoms with Gasteiger partial charge >= 0.3 is 0 Å². The molecule has 96 valence electrons. The average Bonchev–Trinajstić information content (AvgIpc) is 2.66. The summed E-state index contributed by atoms with van der Waals surface area (Å²) >= 11 is 1.71. The Bertz CT molecular complexity index is 328. The number of anilines is 1. The molecule has 1 fully saturated rings. The Labute approximate surface area is 107 Å². The third kappa shape index (κ3) is 3.94. The van der Waals surface area contributed by atoms with Gasteiger partial charge in [-0.15, -0.1) is 11.3 Å². The number of nitrogens with zero attached hydrogens (tertiary/aromatic N) is 1. The second-order valence-electron chi connectivity index (χ2n) is 4.41. The molecule has 1 aromatic rings. The highest BCUT2D eigenvalue weighted by atomic mass is 32.1. The van der Waals surface area contributed by atoms with Crippen molar-refractivity contribution in [2.45, 2.75) is 32.8 Å². The van der Waals surface area contributed by atoms with Crippen LogP contribution in [0.3, 0.4) is 0 Å². The molecule has 0 aliphatic carbocycles. The van der Waals surface area contributed by atoms with Crippen LogP contribution in [0.25, 0.3) is 0 Å². The van der Waals surface area contributed by atoms with Crippen LogP contribution < -0.4 is 10.6 Å². The SMILES string of the molecule is Cc1nc(NCCOC2CCNCC2)sc1C. The molecule has 0 amide bonds. The Morgan fingerprint density at radius 2 is 2.18 bits per heavy atom. The highest BCUT2D eigenvalue weighted by Crippen LogP contribution is 2.20. The molecule has 4 nitrogen and oxygen atoms in total. The summed E-state index contributed by atoms with van der Waals surface area (Å²) in [6.45, 7) is 7.93. The fourth-order valence-electron chi connectivity index (χ4n) is 1.89. The molecule has 2 heterocycles. The Kier molecular flexibility index (Phi) is 4.76. The van der Waals surface area contributed by atoms with Gasteiger partial charge in [-0.3, -0.25) is 0 Å². The predicted molar refractivity (Wildman–Crippen MR) is 71.9 cm³/mol. The quantitative estimate of drug-likeness (QED) is 0.789. The molecule has 17 heavy (non-hydrogen) atoms. The zero-order chi connectivity index (χ0) is 12.1. The van der Waals surface area contributed by atoms with Crippen molar-refractivity contribution in [2.24, 2.45) is 0 Å². The largest absolute Gasteiger partial charge is 0.376 e. The predicted octanol–water partition coefficient (Wildman–Crippen LogP) is 1.94. The van der Waals surface area contributed by atoms with Crippen LogP contribution >= 0.6 is 11.3 Å². The number of aryl methyl sites for hydroxylation is 2. The molecule has 1 aromatic heterocycles. The number of hydrogen-bond acceptors (Lipinski definition) is 5. The van der Waals surface area contributed by atoms with Crippen molar-refractivity contribution in [1.82, 2.24) is 10.3 Å². The van der Waals surface area contributed by atoms with E-state index in [2.05, 4.69) is 22.5 Å². The van der Waals surface area contributed by atoms with E-state index in [-0.39, 0.29) is 0 Å². The lowest BCUT2D eigenvalue weighted by Gasteiger charge is -2.22. The van der Waals surface area contributed by atoms with Gasteiger partial charge in [-0.1, -0.05) is 0 Å². The van der Waals surface area contributed by atoms with Gasteiger partial charge in [0.1, 0.15) is 0 Å². The molecule has 0 unspecified atom stereocenters. The smallest absolute Gasteiger partial charge is 0.183 e. The van der Waals surface area contributed by atoms with E-state index in [4.69, 9.17) is 4.74 Å². The van der Waals surface area contributed by atoms with Gasteiger partial charge in [0.25, 0.3) is 0 Å². The number of rotatable bonds is 5. The van der Waals surface area contributed by atoms with Gasteiger partial charge in [0.05, 0.1) is 18.4 Å². The van der Waals surface area contributed by atoms with E-state index in [1.54, 1.807) is 11.3 Å². The van der Waals surface area contributed by atoms with Crippen LogP contribution in [0.1, 0.15) is 23.4 Å². The third-order valence-electron chi connectivity index (χ3n) is 3.05.